The molecule has 1 aromatic heterocycles. The smallest absolute Gasteiger partial charge is 0.335 e. The predicted octanol–water partition coefficient (Wildman–Crippen LogP) is 3.81. The van der Waals surface area contributed by atoms with Crippen LogP contribution in [0, 0.1) is 6.92 Å². The summed E-state index contributed by atoms with van der Waals surface area (Å²) in [7, 11) is 0. The van der Waals surface area contributed by atoms with Crippen molar-refractivity contribution in [2.45, 2.75) is 26.2 Å². The molecule has 0 unspecified atom stereocenters. The highest BCUT2D eigenvalue weighted by molar-refractivity contribution is 5.90. The van der Waals surface area contributed by atoms with E-state index < -0.39 is 5.97 Å². The molecule has 242 valence electrons. The first-order valence-electron chi connectivity index (χ1n) is 15.8. The summed E-state index contributed by atoms with van der Waals surface area (Å²) in [6.07, 6.45) is 3.20. The van der Waals surface area contributed by atoms with Gasteiger partial charge in [-0.05, 0) is 73.2 Å². The van der Waals surface area contributed by atoms with Crippen molar-refractivity contribution in [3.8, 4) is 22.6 Å². The SMILES string of the molecule is C1CNCCN1.C1CNCCN1.Cc1[nH]n(-c2ccc3c(c2)CCC3)c(=O)c1N=Nc1cccc(-c2cccc(C(=O)O)c2)c1O. The summed E-state index contributed by atoms with van der Waals surface area (Å²) in [6, 6.07) is 17.2. The second-order valence-corrected chi connectivity index (χ2v) is 11.3. The maximum atomic E-state index is 13.0. The Bertz CT molecular complexity index is 1690. The van der Waals surface area contributed by atoms with Crippen LogP contribution in [0.2, 0.25) is 0 Å². The monoisotopic (exact) mass is 626 g/mol. The molecule has 0 amide bonds. The third kappa shape index (κ3) is 8.34. The van der Waals surface area contributed by atoms with Gasteiger partial charge in [0.2, 0.25) is 0 Å². The number of azo groups is 1. The maximum absolute atomic E-state index is 13.0. The van der Waals surface area contributed by atoms with Crippen molar-refractivity contribution in [3.63, 3.8) is 0 Å². The van der Waals surface area contributed by atoms with E-state index in [9.17, 15) is 19.8 Å². The van der Waals surface area contributed by atoms with Crippen molar-refractivity contribution in [2.24, 2.45) is 10.2 Å². The van der Waals surface area contributed by atoms with E-state index in [1.165, 1.54) is 27.9 Å². The molecule has 0 bridgehead atoms. The third-order valence-corrected chi connectivity index (χ3v) is 7.99. The molecule has 0 atom stereocenters. The number of aryl methyl sites for hydroxylation is 3. The average Bonchev–Trinajstić information content (AvgIpc) is 3.69. The number of hydrogen-bond acceptors (Lipinski definition) is 9. The van der Waals surface area contributed by atoms with Gasteiger partial charge in [0.25, 0.3) is 5.56 Å². The average molecular weight is 627 g/mol. The molecule has 2 fully saturated rings. The Hall–Kier alpha value is -4.62. The number of benzene rings is 3. The number of nitrogens with zero attached hydrogens (tertiary/aromatic N) is 3. The molecular formula is C34H42N8O4. The molecule has 1 aliphatic carbocycles. The fourth-order valence-electron chi connectivity index (χ4n) is 5.51. The van der Waals surface area contributed by atoms with Gasteiger partial charge >= 0.3 is 5.97 Å². The summed E-state index contributed by atoms with van der Waals surface area (Å²) in [5.74, 6) is -1.21. The number of phenolic OH excluding ortho intramolecular Hbond substituents is 1. The van der Waals surface area contributed by atoms with E-state index in [2.05, 4.69) is 42.7 Å². The summed E-state index contributed by atoms with van der Waals surface area (Å²) in [5.41, 5.74) is 4.94. The first-order valence-corrected chi connectivity index (χ1v) is 15.8. The lowest BCUT2D eigenvalue weighted by atomic mass is 10.0. The van der Waals surface area contributed by atoms with Gasteiger partial charge in [-0.25, -0.2) is 9.48 Å². The van der Waals surface area contributed by atoms with Crippen molar-refractivity contribution in [3.05, 3.63) is 93.4 Å². The molecule has 7 rings (SSSR count). The Morgan fingerprint density at radius 3 is 2.04 bits per heavy atom. The zero-order chi connectivity index (χ0) is 32.3. The van der Waals surface area contributed by atoms with E-state index in [0.29, 0.717) is 16.8 Å². The lowest BCUT2D eigenvalue weighted by Crippen LogP contribution is -2.39. The number of para-hydroxylation sites is 1. The summed E-state index contributed by atoms with van der Waals surface area (Å²) >= 11 is 0. The Morgan fingerprint density at radius 1 is 0.783 bits per heavy atom. The van der Waals surface area contributed by atoms with Crippen molar-refractivity contribution < 1.29 is 15.0 Å². The fourth-order valence-corrected chi connectivity index (χ4v) is 5.51. The zero-order valence-corrected chi connectivity index (χ0v) is 26.1. The van der Waals surface area contributed by atoms with Crippen molar-refractivity contribution in [1.82, 2.24) is 31.0 Å². The Morgan fingerprint density at radius 2 is 1.41 bits per heavy atom. The molecule has 12 nitrogen and oxygen atoms in total. The van der Waals surface area contributed by atoms with E-state index in [4.69, 9.17) is 0 Å². The molecule has 3 aliphatic rings. The van der Waals surface area contributed by atoms with E-state index in [-0.39, 0.29) is 28.2 Å². The van der Waals surface area contributed by atoms with Crippen molar-refractivity contribution in [2.75, 3.05) is 52.4 Å². The van der Waals surface area contributed by atoms with Crippen LogP contribution < -0.4 is 26.8 Å². The fraction of sp³-hybridized carbons (Fsp3) is 0.353. The number of nitrogens with one attached hydrogen (secondary N) is 5. The van der Waals surface area contributed by atoms with E-state index in [1.807, 2.05) is 12.1 Å². The molecule has 3 heterocycles. The van der Waals surface area contributed by atoms with Crippen molar-refractivity contribution in [1.29, 1.82) is 0 Å². The van der Waals surface area contributed by atoms with Gasteiger partial charge in [0, 0.05) is 57.9 Å². The van der Waals surface area contributed by atoms with Gasteiger partial charge in [-0.1, -0.05) is 30.3 Å². The van der Waals surface area contributed by atoms with Crippen LogP contribution in [0.25, 0.3) is 16.8 Å². The first-order chi connectivity index (χ1) is 22.4. The van der Waals surface area contributed by atoms with Crippen LogP contribution in [0.3, 0.4) is 0 Å². The second kappa shape index (κ2) is 16.1. The van der Waals surface area contributed by atoms with Crippen LogP contribution in [0.4, 0.5) is 11.4 Å². The Labute approximate surface area is 268 Å². The highest BCUT2D eigenvalue weighted by atomic mass is 16.4. The highest BCUT2D eigenvalue weighted by Crippen LogP contribution is 2.38. The molecule has 46 heavy (non-hydrogen) atoms. The number of carbonyl (C=O) groups is 1. The number of carboxylic acid groups (broad SMARTS) is 1. The largest absolute Gasteiger partial charge is 0.505 e. The number of carboxylic acids is 1. The number of fused-ring (bicyclic) bond motifs is 1. The molecule has 4 aromatic rings. The molecule has 2 saturated heterocycles. The van der Waals surface area contributed by atoms with Gasteiger partial charge in [0.15, 0.2) is 11.4 Å². The molecule has 2 aliphatic heterocycles. The molecular weight excluding hydrogens is 584 g/mol. The minimum Gasteiger partial charge on any atom is -0.505 e. The molecule has 12 heteroatoms. The van der Waals surface area contributed by atoms with Gasteiger partial charge < -0.3 is 31.5 Å². The highest BCUT2D eigenvalue weighted by Gasteiger charge is 2.17. The van der Waals surface area contributed by atoms with Gasteiger partial charge in [-0.2, -0.15) is 0 Å². The molecule has 0 radical (unpaired) electrons. The number of aromatic nitrogens is 2. The van der Waals surface area contributed by atoms with Crippen LogP contribution in [0.1, 0.15) is 33.6 Å². The topological polar surface area (TPSA) is 168 Å². The normalized spacial score (nSPS) is 15.8. The number of H-pyrrole nitrogens is 1. The van der Waals surface area contributed by atoms with E-state index >= 15 is 0 Å². The van der Waals surface area contributed by atoms with E-state index in [1.54, 1.807) is 37.3 Å². The van der Waals surface area contributed by atoms with Crippen LogP contribution >= 0.6 is 0 Å². The number of hydrogen-bond donors (Lipinski definition) is 7. The molecule has 3 aromatic carbocycles. The van der Waals surface area contributed by atoms with Crippen LogP contribution in [0.5, 0.6) is 5.75 Å². The third-order valence-electron chi connectivity index (χ3n) is 7.99. The maximum Gasteiger partial charge on any atom is 0.335 e. The van der Waals surface area contributed by atoms with E-state index in [0.717, 1.165) is 77.3 Å². The number of rotatable bonds is 5. The van der Waals surface area contributed by atoms with Crippen LogP contribution in [0.15, 0.2) is 75.7 Å². The number of aromatic hydroxyl groups is 1. The summed E-state index contributed by atoms with van der Waals surface area (Å²) in [6.45, 7) is 10.9. The Balaban J connectivity index is 0.000000289. The molecule has 0 spiro atoms. The standard InChI is InChI=1S/C26H22N4O4.2C4H10N2/c1-15-23(25(32)30(29-15)20-12-11-16-5-2-6-17(16)14-20)28-27-22-10-4-9-21(24(22)31)18-7-3-8-19(13-18)26(33)34;2*1-2-6-4-3-5-1/h3-4,7-14,29,31H,2,5-6H2,1H3,(H,33,34);2*5-6H,1-4H2. The molecule has 7 N–H and O–H groups in total. The number of phenols is 1. The summed E-state index contributed by atoms with van der Waals surface area (Å²) in [5, 5.41) is 44.2. The summed E-state index contributed by atoms with van der Waals surface area (Å²) < 4.78 is 1.45. The Kier molecular flexibility index (Phi) is 11.5. The lowest BCUT2D eigenvalue weighted by Gasteiger charge is -2.11. The van der Waals surface area contributed by atoms with Gasteiger partial charge in [-0.3, -0.25) is 9.89 Å². The number of aromatic carboxylic acids is 1. The van der Waals surface area contributed by atoms with Crippen LogP contribution in [-0.2, 0) is 12.8 Å². The quantitative estimate of drug-likeness (QED) is 0.164. The second-order valence-electron chi connectivity index (χ2n) is 11.3. The zero-order valence-electron chi connectivity index (χ0n) is 26.1. The number of piperazine rings is 2. The first kappa shape index (κ1) is 32.8. The predicted molar refractivity (Wildman–Crippen MR) is 179 cm³/mol. The van der Waals surface area contributed by atoms with Crippen molar-refractivity contribution >= 4 is 17.3 Å². The van der Waals surface area contributed by atoms with Gasteiger partial charge in [-0.15, -0.1) is 10.2 Å². The summed E-state index contributed by atoms with van der Waals surface area (Å²) in [4.78, 5) is 24.3. The minimum absolute atomic E-state index is 0.110. The lowest BCUT2D eigenvalue weighted by molar-refractivity contribution is 0.0697. The number of aromatic amines is 1. The molecule has 0 saturated carbocycles. The van der Waals surface area contributed by atoms with Gasteiger partial charge in [0.1, 0.15) is 5.69 Å². The van der Waals surface area contributed by atoms with Gasteiger partial charge in [0.05, 0.1) is 16.9 Å². The van der Waals surface area contributed by atoms with Crippen LogP contribution in [-0.4, -0.2) is 78.3 Å². The minimum atomic E-state index is -1.06.